The molecule has 0 saturated heterocycles. The topological polar surface area (TPSA) is 59.5 Å². The number of carbonyl (C=O) groups excluding carboxylic acids is 1. The normalized spacial score (nSPS) is 17.0. The van der Waals surface area contributed by atoms with Crippen molar-refractivity contribution >= 4 is 24.0 Å². The van der Waals surface area contributed by atoms with Crippen molar-refractivity contribution in [1.29, 1.82) is 0 Å². The smallest absolute Gasteiger partial charge is 0.261 e. The van der Waals surface area contributed by atoms with E-state index < -0.39 is 0 Å². The highest BCUT2D eigenvalue weighted by Gasteiger charge is 2.27. The predicted molar refractivity (Wildman–Crippen MR) is 85.0 cm³/mol. The largest absolute Gasteiger partial charge is 0.467 e. The van der Waals surface area contributed by atoms with Crippen molar-refractivity contribution in [1.82, 2.24) is 0 Å². The molecule has 112 valence electrons. The van der Waals surface area contributed by atoms with Crippen molar-refractivity contribution in [2.75, 3.05) is 11.4 Å². The summed E-state index contributed by atoms with van der Waals surface area (Å²) < 4.78 is 5.26. The van der Waals surface area contributed by atoms with E-state index in [1.54, 1.807) is 6.07 Å². The zero-order chi connectivity index (χ0) is 14.1. The first-order chi connectivity index (χ1) is 9.70. The second-order valence-corrected chi connectivity index (χ2v) is 5.21. The minimum absolute atomic E-state index is 0. The molecule has 0 aliphatic carbocycles. The van der Waals surface area contributed by atoms with Gasteiger partial charge in [0.15, 0.2) is 0 Å². The van der Waals surface area contributed by atoms with E-state index in [0.717, 1.165) is 18.7 Å². The van der Waals surface area contributed by atoms with E-state index in [9.17, 15) is 4.79 Å². The maximum atomic E-state index is 12.6. The van der Waals surface area contributed by atoms with Gasteiger partial charge in [-0.3, -0.25) is 4.79 Å². The molecule has 1 unspecified atom stereocenters. The minimum atomic E-state index is -0.0206. The molecule has 0 fully saturated rings. The first kappa shape index (κ1) is 15.6. The average Bonchev–Trinajstić information content (AvgIpc) is 2.96. The summed E-state index contributed by atoms with van der Waals surface area (Å²) in [5.41, 5.74) is 8.32. The van der Waals surface area contributed by atoms with Gasteiger partial charge < -0.3 is 15.1 Å². The van der Waals surface area contributed by atoms with Crippen LogP contribution < -0.4 is 10.6 Å². The highest BCUT2D eigenvalue weighted by molar-refractivity contribution is 6.06. The Morgan fingerprint density at radius 2 is 2.19 bits per heavy atom. The van der Waals surface area contributed by atoms with Crippen LogP contribution in [0.25, 0.3) is 0 Å². The number of para-hydroxylation sites is 1. The summed E-state index contributed by atoms with van der Waals surface area (Å²) in [6.07, 6.45) is 2.47. The van der Waals surface area contributed by atoms with Crippen LogP contribution in [-0.2, 0) is 6.54 Å². The number of rotatable bonds is 2. The molecular formula is C16H19ClN2O2. The number of hydrogen-bond acceptors (Lipinski definition) is 3. The second-order valence-electron chi connectivity index (χ2n) is 5.21. The highest BCUT2D eigenvalue weighted by atomic mass is 35.5. The zero-order valence-electron chi connectivity index (χ0n) is 11.9. The molecule has 1 aromatic carbocycles. The Kier molecular flexibility index (Phi) is 4.70. The van der Waals surface area contributed by atoms with Crippen LogP contribution in [0.3, 0.4) is 0 Å². The molecule has 2 heterocycles. The van der Waals surface area contributed by atoms with Crippen molar-refractivity contribution in [3.8, 4) is 0 Å². The van der Waals surface area contributed by atoms with Gasteiger partial charge >= 0.3 is 0 Å². The van der Waals surface area contributed by atoms with E-state index >= 15 is 0 Å². The number of hydrogen-bond donors (Lipinski definition) is 1. The Balaban J connectivity index is 0.00000161. The van der Waals surface area contributed by atoms with Crippen molar-refractivity contribution < 1.29 is 9.21 Å². The number of carbonyl (C=O) groups is 1. The molecule has 2 aromatic rings. The van der Waals surface area contributed by atoms with Crippen LogP contribution in [-0.4, -0.2) is 12.5 Å². The Hall–Kier alpha value is -1.78. The van der Waals surface area contributed by atoms with Crippen LogP contribution in [0.15, 0.2) is 41.0 Å². The molecule has 1 aliphatic heterocycles. The predicted octanol–water partition coefficient (Wildman–Crippen LogP) is 3.31. The zero-order valence-corrected chi connectivity index (χ0v) is 12.7. The SMILES string of the molecule is CC1CCN(C(=O)c2coc(CN)c2)c2ccccc21.Cl. The van der Waals surface area contributed by atoms with Gasteiger partial charge in [0.25, 0.3) is 5.91 Å². The Labute approximate surface area is 130 Å². The van der Waals surface area contributed by atoms with Gasteiger partial charge in [-0.1, -0.05) is 25.1 Å². The van der Waals surface area contributed by atoms with Crippen molar-refractivity contribution in [3.63, 3.8) is 0 Å². The molecule has 1 aliphatic rings. The van der Waals surface area contributed by atoms with Crippen LogP contribution in [0.4, 0.5) is 5.69 Å². The number of nitrogens with two attached hydrogens (primary N) is 1. The number of furan rings is 1. The first-order valence-corrected chi connectivity index (χ1v) is 6.89. The van der Waals surface area contributed by atoms with E-state index in [1.165, 1.54) is 11.8 Å². The number of fused-ring (bicyclic) bond motifs is 1. The Bertz CT molecular complexity index is 639. The molecular weight excluding hydrogens is 288 g/mol. The molecule has 5 heteroatoms. The quantitative estimate of drug-likeness (QED) is 0.926. The summed E-state index contributed by atoms with van der Waals surface area (Å²) in [4.78, 5) is 14.5. The lowest BCUT2D eigenvalue weighted by Crippen LogP contribution is -2.36. The fourth-order valence-electron chi connectivity index (χ4n) is 2.72. The second kappa shape index (κ2) is 6.33. The summed E-state index contributed by atoms with van der Waals surface area (Å²) in [6.45, 7) is 3.24. The van der Waals surface area contributed by atoms with Crippen LogP contribution >= 0.6 is 12.4 Å². The lowest BCUT2D eigenvalue weighted by atomic mass is 9.91. The lowest BCUT2D eigenvalue weighted by Gasteiger charge is -2.32. The molecule has 0 bridgehead atoms. The molecule has 1 atom stereocenters. The number of amides is 1. The van der Waals surface area contributed by atoms with E-state index in [1.807, 2.05) is 23.1 Å². The molecule has 4 nitrogen and oxygen atoms in total. The molecule has 0 spiro atoms. The van der Waals surface area contributed by atoms with Crippen molar-refractivity contribution in [2.45, 2.75) is 25.8 Å². The third-order valence-electron chi connectivity index (χ3n) is 3.89. The van der Waals surface area contributed by atoms with Crippen LogP contribution in [0.5, 0.6) is 0 Å². The van der Waals surface area contributed by atoms with Gasteiger partial charge in [0.1, 0.15) is 12.0 Å². The monoisotopic (exact) mass is 306 g/mol. The van der Waals surface area contributed by atoms with E-state index in [0.29, 0.717) is 23.8 Å². The minimum Gasteiger partial charge on any atom is -0.467 e. The molecule has 1 amide bonds. The van der Waals surface area contributed by atoms with E-state index in [4.69, 9.17) is 10.2 Å². The van der Waals surface area contributed by atoms with E-state index in [2.05, 4.69) is 13.0 Å². The number of anilines is 1. The highest BCUT2D eigenvalue weighted by Crippen LogP contribution is 2.35. The molecule has 3 rings (SSSR count). The molecule has 0 radical (unpaired) electrons. The molecule has 0 saturated carbocycles. The van der Waals surface area contributed by atoms with E-state index in [-0.39, 0.29) is 18.3 Å². The van der Waals surface area contributed by atoms with Gasteiger partial charge in [0.05, 0.1) is 12.1 Å². The molecule has 21 heavy (non-hydrogen) atoms. The third kappa shape index (κ3) is 2.82. The fourth-order valence-corrected chi connectivity index (χ4v) is 2.72. The van der Waals surface area contributed by atoms with Gasteiger partial charge in [-0.25, -0.2) is 0 Å². The first-order valence-electron chi connectivity index (χ1n) is 6.89. The summed E-state index contributed by atoms with van der Waals surface area (Å²) in [6, 6.07) is 9.82. The average molecular weight is 307 g/mol. The molecule has 2 N–H and O–H groups in total. The van der Waals surface area contributed by atoms with Crippen molar-refractivity contribution in [2.24, 2.45) is 5.73 Å². The van der Waals surface area contributed by atoms with Crippen LogP contribution in [0.2, 0.25) is 0 Å². The number of nitrogens with zero attached hydrogens (tertiary/aromatic N) is 1. The number of benzene rings is 1. The van der Waals surface area contributed by atoms with Crippen molar-refractivity contribution in [3.05, 3.63) is 53.5 Å². The Morgan fingerprint density at radius 1 is 1.43 bits per heavy atom. The van der Waals surface area contributed by atoms with Gasteiger partial charge in [-0.05, 0) is 30.0 Å². The van der Waals surface area contributed by atoms with Gasteiger partial charge in [0.2, 0.25) is 0 Å². The maximum Gasteiger partial charge on any atom is 0.261 e. The van der Waals surface area contributed by atoms with Gasteiger partial charge in [0, 0.05) is 12.2 Å². The Morgan fingerprint density at radius 3 is 2.90 bits per heavy atom. The lowest BCUT2D eigenvalue weighted by molar-refractivity contribution is 0.0984. The number of halogens is 1. The summed E-state index contributed by atoms with van der Waals surface area (Å²) >= 11 is 0. The molecule has 1 aromatic heterocycles. The third-order valence-corrected chi connectivity index (χ3v) is 3.89. The van der Waals surface area contributed by atoms with Gasteiger partial charge in [-0.15, -0.1) is 12.4 Å². The van der Waals surface area contributed by atoms with Gasteiger partial charge in [-0.2, -0.15) is 0 Å². The standard InChI is InChI=1S/C16H18N2O2.ClH/c1-11-6-7-18(15-5-3-2-4-14(11)15)16(19)12-8-13(9-17)20-10-12;/h2-5,8,10-11H,6-7,9,17H2,1H3;1H. The fraction of sp³-hybridized carbons (Fsp3) is 0.312. The van der Waals surface area contributed by atoms with Crippen LogP contribution in [0.1, 0.15) is 40.9 Å². The summed E-state index contributed by atoms with van der Waals surface area (Å²) in [5.74, 6) is 1.10. The summed E-state index contributed by atoms with van der Waals surface area (Å²) in [7, 11) is 0. The summed E-state index contributed by atoms with van der Waals surface area (Å²) in [5, 5.41) is 0. The maximum absolute atomic E-state index is 12.6. The van der Waals surface area contributed by atoms with Crippen LogP contribution in [0, 0.1) is 0 Å².